The van der Waals surface area contributed by atoms with Crippen LogP contribution in [-0.2, 0) is 10.0 Å². The molecule has 0 aliphatic carbocycles. The highest BCUT2D eigenvalue weighted by Gasteiger charge is 2.28. The van der Waals surface area contributed by atoms with Gasteiger partial charge in [0.25, 0.3) is 15.9 Å². The first kappa shape index (κ1) is 21.0. The molecule has 2 rings (SSSR count). The standard InChI is InChI=1S/C15H25N3O4S.ClH/c1-16-9-6-12-7-10-18(11-8-12)15(19)13-4-5-14(22-13)23(20,21)17(2)3;/h4-5,12,16H,6-11H2,1-3H3;1H. The van der Waals surface area contributed by atoms with Crippen LogP contribution in [0.1, 0.15) is 29.8 Å². The highest BCUT2D eigenvalue weighted by molar-refractivity contribution is 7.88. The van der Waals surface area contributed by atoms with Gasteiger partial charge in [-0.2, -0.15) is 0 Å². The molecule has 1 aliphatic rings. The zero-order valence-corrected chi connectivity index (χ0v) is 16.0. The minimum atomic E-state index is -3.65. The molecule has 1 aliphatic heterocycles. The average molecular weight is 380 g/mol. The summed E-state index contributed by atoms with van der Waals surface area (Å²) in [5, 5.41) is 2.95. The van der Waals surface area contributed by atoms with Crippen molar-refractivity contribution in [1.82, 2.24) is 14.5 Å². The topological polar surface area (TPSA) is 82.9 Å². The number of rotatable bonds is 6. The van der Waals surface area contributed by atoms with Gasteiger partial charge in [0.05, 0.1) is 0 Å². The van der Waals surface area contributed by atoms with Crippen LogP contribution < -0.4 is 5.32 Å². The Kier molecular flexibility index (Phi) is 7.72. The van der Waals surface area contributed by atoms with Crippen LogP contribution in [0.25, 0.3) is 0 Å². The molecule has 24 heavy (non-hydrogen) atoms. The third kappa shape index (κ3) is 4.72. The van der Waals surface area contributed by atoms with E-state index >= 15 is 0 Å². The Morgan fingerprint density at radius 1 is 1.33 bits per heavy atom. The maximum Gasteiger partial charge on any atom is 0.289 e. The molecule has 1 aromatic rings. The van der Waals surface area contributed by atoms with Crippen molar-refractivity contribution >= 4 is 28.3 Å². The van der Waals surface area contributed by atoms with Crippen molar-refractivity contribution in [2.75, 3.05) is 40.8 Å². The number of nitrogens with zero attached hydrogens (tertiary/aromatic N) is 2. The van der Waals surface area contributed by atoms with Gasteiger partial charge in [-0.1, -0.05) is 0 Å². The third-order valence-electron chi connectivity index (χ3n) is 4.23. The second-order valence-electron chi connectivity index (χ2n) is 6.03. The van der Waals surface area contributed by atoms with Gasteiger partial charge in [0, 0.05) is 27.2 Å². The highest BCUT2D eigenvalue weighted by atomic mass is 35.5. The number of nitrogens with one attached hydrogen (secondary N) is 1. The number of carbonyl (C=O) groups excluding carboxylic acids is 1. The molecule has 0 atom stereocenters. The summed E-state index contributed by atoms with van der Waals surface area (Å²) in [5.74, 6) is 0.476. The number of amides is 1. The molecule has 9 heteroatoms. The van der Waals surface area contributed by atoms with Gasteiger partial charge in [0.15, 0.2) is 5.76 Å². The van der Waals surface area contributed by atoms with Crippen LogP contribution in [0.15, 0.2) is 21.6 Å². The van der Waals surface area contributed by atoms with E-state index in [-0.39, 0.29) is 29.2 Å². The predicted molar refractivity (Wildman–Crippen MR) is 94.0 cm³/mol. The average Bonchev–Trinajstić information content (AvgIpc) is 3.03. The number of hydrogen-bond donors (Lipinski definition) is 1. The fourth-order valence-electron chi connectivity index (χ4n) is 2.68. The van der Waals surface area contributed by atoms with Crippen LogP contribution in [0.3, 0.4) is 0 Å². The number of likely N-dealkylation sites (tertiary alicyclic amines) is 1. The molecule has 1 fully saturated rings. The lowest BCUT2D eigenvalue weighted by Gasteiger charge is -2.31. The maximum atomic E-state index is 12.4. The Morgan fingerprint density at radius 2 is 1.96 bits per heavy atom. The summed E-state index contributed by atoms with van der Waals surface area (Å²) in [7, 11) is 1.14. The number of piperidine rings is 1. The summed E-state index contributed by atoms with van der Waals surface area (Å²) in [6.07, 6.45) is 3.05. The molecule has 0 radical (unpaired) electrons. The summed E-state index contributed by atoms with van der Waals surface area (Å²) >= 11 is 0. The molecule has 7 nitrogen and oxygen atoms in total. The van der Waals surface area contributed by atoms with E-state index in [9.17, 15) is 13.2 Å². The van der Waals surface area contributed by atoms with Crippen molar-refractivity contribution in [1.29, 1.82) is 0 Å². The predicted octanol–water partition coefficient (Wildman–Crippen LogP) is 1.41. The summed E-state index contributed by atoms with van der Waals surface area (Å²) in [6.45, 7) is 2.36. The molecule has 1 N–H and O–H groups in total. The lowest BCUT2D eigenvalue weighted by Crippen LogP contribution is -2.38. The Morgan fingerprint density at radius 3 is 2.50 bits per heavy atom. The summed E-state index contributed by atoms with van der Waals surface area (Å²) in [4.78, 5) is 14.2. The molecule has 2 heterocycles. The van der Waals surface area contributed by atoms with Crippen LogP contribution in [0.4, 0.5) is 0 Å². The molecule has 0 bridgehead atoms. The normalized spacial score (nSPS) is 16.2. The first-order valence-electron chi connectivity index (χ1n) is 7.82. The molecular formula is C15H26ClN3O4S. The quantitative estimate of drug-likeness (QED) is 0.808. The number of furan rings is 1. The van der Waals surface area contributed by atoms with Gasteiger partial charge >= 0.3 is 0 Å². The molecule has 138 valence electrons. The molecule has 1 amide bonds. The van der Waals surface area contributed by atoms with Crippen LogP contribution in [0.5, 0.6) is 0 Å². The summed E-state index contributed by atoms with van der Waals surface area (Å²) in [6, 6.07) is 2.77. The Hall–Kier alpha value is -1.09. The lowest BCUT2D eigenvalue weighted by molar-refractivity contribution is 0.0649. The first-order chi connectivity index (χ1) is 10.9. The largest absolute Gasteiger partial charge is 0.438 e. The molecule has 0 unspecified atom stereocenters. The zero-order chi connectivity index (χ0) is 17.0. The number of carbonyl (C=O) groups is 1. The van der Waals surface area contributed by atoms with Gasteiger partial charge in [-0.3, -0.25) is 4.79 Å². The molecular weight excluding hydrogens is 354 g/mol. The summed E-state index contributed by atoms with van der Waals surface area (Å²) in [5.41, 5.74) is 0. The van der Waals surface area contributed by atoms with E-state index in [1.165, 1.54) is 26.2 Å². The van der Waals surface area contributed by atoms with E-state index in [0.717, 1.165) is 30.1 Å². The molecule has 0 aromatic carbocycles. The molecule has 0 spiro atoms. The lowest BCUT2D eigenvalue weighted by atomic mass is 9.93. The number of sulfonamides is 1. The first-order valence-corrected chi connectivity index (χ1v) is 9.26. The van der Waals surface area contributed by atoms with Crippen LogP contribution in [-0.4, -0.2) is 64.3 Å². The van der Waals surface area contributed by atoms with E-state index in [0.29, 0.717) is 19.0 Å². The van der Waals surface area contributed by atoms with Crippen LogP contribution >= 0.6 is 12.4 Å². The fraction of sp³-hybridized carbons (Fsp3) is 0.667. The molecule has 1 aromatic heterocycles. The smallest absolute Gasteiger partial charge is 0.289 e. The minimum absolute atomic E-state index is 0. The van der Waals surface area contributed by atoms with Gasteiger partial charge in [0.2, 0.25) is 5.09 Å². The Balaban J connectivity index is 0.00000288. The SMILES string of the molecule is CNCCC1CCN(C(=O)c2ccc(S(=O)(=O)N(C)C)o2)CC1.Cl. The second kappa shape index (κ2) is 8.84. The summed E-state index contributed by atoms with van der Waals surface area (Å²) < 4.78 is 30.3. The van der Waals surface area contributed by atoms with E-state index in [2.05, 4.69) is 5.32 Å². The van der Waals surface area contributed by atoms with E-state index < -0.39 is 10.0 Å². The number of hydrogen-bond acceptors (Lipinski definition) is 5. The van der Waals surface area contributed by atoms with Crippen molar-refractivity contribution in [2.45, 2.75) is 24.4 Å². The van der Waals surface area contributed by atoms with Gasteiger partial charge in [-0.15, -0.1) is 12.4 Å². The van der Waals surface area contributed by atoms with Crippen molar-refractivity contribution in [3.05, 3.63) is 17.9 Å². The van der Waals surface area contributed by atoms with E-state index in [4.69, 9.17) is 4.42 Å². The van der Waals surface area contributed by atoms with Gasteiger partial charge in [-0.25, -0.2) is 12.7 Å². The minimum Gasteiger partial charge on any atom is -0.438 e. The van der Waals surface area contributed by atoms with Crippen LogP contribution in [0, 0.1) is 5.92 Å². The maximum absolute atomic E-state index is 12.4. The van der Waals surface area contributed by atoms with Gasteiger partial charge in [-0.05, 0) is 50.9 Å². The third-order valence-corrected chi connectivity index (χ3v) is 5.92. The monoisotopic (exact) mass is 379 g/mol. The van der Waals surface area contributed by atoms with Crippen molar-refractivity contribution in [2.24, 2.45) is 5.92 Å². The Bertz CT molecular complexity index is 637. The van der Waals surface area contributed by atoms with E-state index in [1.54, 1.807) is 4.90 Å². The van der Waals surface area contributed by atoms with Crippen molar-refractivity contribution in [3.8, 4) is 0 Å². The van der Waals surface area contributed by atoms with Crippen molar-refractivity contribution < 1.29 is 17.6 Å². The Labute approximate surface area is 149 Å². The van der Waals surface area contributed by atoms with Crippen LogP contribution in [0.2, 0.25) is 0 Å². The van der Waals surface area contributed by atoms with Gasteiger partial charge in [0.1, 0.15) is 0 Å². The number of halogens is 1. The van der Waals surface area contributed by atoms with Gasteiger partial charge < -0.3 is 14.6 Å². The molecule has 0 saturated carbocycles. The second-order valence-corrected chi connectivity index (χ2v) is 8.12. The molecule has 1 saturated heterocycles. The van der Waals surface area contributed by atoms with E-state index in [1.807, 2.05) is 7.05 Å². The fourth-order valence-corrected chi connectivity index (χ4v) is 3.48. The highest BCUT2D eigenvalue weighted by Crippen LogP contribution is 2.23. The van der Waals surface area contributed by atoms with Crippen molar-refractivity contribution in [3.63, 3.8) is 0 Å². The zero-order valence-electron chi connectivity index (χ0n) is 14.3.